The maximum Gasteiger partial charge on any atom is 0.124 e. The van der Waals surface area contributed by atoms with Gasteiger partial charge in [-0.2, -0.15) is 5.10 Å². The normalized spacial score (nSPS) is 20.7. The van der Waals surface area contributed by atoms with Crippen molar-refractivity contribution in [3.8, 4) is 0 Å². The lowest BCUT2D eigenvalue weighted by molar-refractivity contribution is 0.0942. The average Bonchev–Trinajstić information content (AvgIpc) is 2.88. The van der Waals surface area contributed by atoms with Crippen molar-refractivity contribution in [2.45, 2.75) is 25.5 Å². The zero-order valence-corrected chi connectivity index (χ0v) is 10.9. The summed E-state index contributed by atoms with van der Waals surface area (Å²) in [5.74, 6) is 0. The van der Waals surface area contributed by atoms with Crippen molar-refractivity contribution in [3.63, 3.8) is 0 Å². The van der Waals surface area contributed by atoms with Crippen molar-refractivity contribution in [2.24, 2.45) is 0 Å². The molecule has 0 aliphatic carbocycles. The maximum atomic E-state index is 5.60. The minimum atomic E-state index is 0.326. The lowest BCUT2D eigenvalue weighted by Gasteiger charge is -2.08. The van der Waals surface area contributed by atoms with Crippen LogP contribution in [0.1, 0.15) is 12.8 Å². The molecule has 3 heterocycles. The molecule has 0 radical (unpaired) electrons. The summed E-state index contributed by atoms with van der Waals surface area (Å²) in [5.41, 5.74) is 1.95. The van der Waals surface area contributed by atoms with Gasteiger partial charge >= 0.3 is 0 Å². The number of fused-ring (bicyclic) bond motifs is 1. The fourth-order valence-electron chi connectivity index (χ4n) is 2.03. The lowest BCUT2D eigenvalue weighted by atomic mass is 10.2. The Bertz CT molecular complexity index is 505. The summed E-state index contributed by atoms with van der Waals surface area (Å²) in [5, 5.41) is 4.54. The van der Waals surface area contributed by atoms with Crippen LogP contribution in [0.15, 0.2) is 18.5 Å². The predicted molar refractivity (Wildman–Crippen MR) is 69.2 cm³/mol. The molecular formula is C11H12IN3O. The van der Waals surface area contributed by atoms with Gasteiger partial charge in [0.05, 0.1) is 18.8 Å². The molecule has 16 heavy (non-hydrogen) atoms. The number of hydrogen-bond acceptors (Lipinski definition) is 3. The summed E-state index contributed by atoms with van der Waals surface area (Å²) in [6.07, 6.45) is 6.45. The van der Waals surface area contributed by atoms with E-state index in [9.17, 15) is 0 Å². The Morgan fingerprint density at radius 3 is 3.25 bits per heavy atom. The van der Waals surface area contributed by atoms with E-state index in [1.807, 2.05) is 23.1 Å². The highest BCUT2D eigenvalue weighted by Gasteiger charge is 2.17. The number of pyridine rings is 1. The highest BCUT2D eigenvalue weighted by molar-refractivity contribution is 14.1. The van der Waals surface area contributed by atoms with Crippen molar-refractivity contribution < 1.29 is 4.74 Å². The minimum Gasteiger partial charge on any atom is -0.376 e. The fraction of sp³-hybridized carbons (Fsp3) is 0.455. The second-order valence-corrected chi connectivity index (χ2v) is 5.17. The van der Waals surface area contributed by atoms with Crippen LogP contribution in [0, 0.1) is 3.57 Å². The Labute approximate surface area is 107 Å². The topological polar surface area (TPSA) is 39.9 Å². The number of ether oxygens (including phenoxy) is 1. The van der Waals surface area contributed by atoms with Gasteiger partial charge in [0.2, 0.25) is 0 Å². The number of rotatable bonds is 2. The van der Waals surface area contributed by atoms with Crippen LogP contribution in [-0.4, -0.2) is 27.5 Å². The largest absolute Gasteiger partial charge is 0.376 e. The highest BCUT2D eigenvalue weighted by atomic mass is 127. The number of aromatic nitrogens is 3. The molecule has 3 rings (SSSR count). The first-order chi connectivity index (χ1) is 7.83. The molecule has 0 amide bonds. The number of hydrogen-bond donors (Lipinski definition) is 0. The van der Waals surface area contributed by atoms with Gasteiger partial charge in [-0.05, 0) is 41.5 Å². The van der Waals surface area contributed by atoms with Crippen molar-refractivity contribution >= 4 is 33.6 Å². The zero-order valence-electron chi connectivity index (χ0n) is 8.77. The third kappa shape index (κ3) is 1.93. The Morgan fingerprint density at radius 1 is 1.56 bits per heavy atom. The molecule has 2 aromatic rings. The van der Waals surface area contributed by atoms with Crippen LogP contribution in [0.5, 0.6) is 0 Å². The van der Waals surface area contributed by atoms with Gasteiger partial charge in [-0.3, -0.25) is 9.67 Å². The molecule has 1 fully saturated rings. The van der Waals surface area contributed by atoms with E-state index in [0.29, 0.717) is 6.10 Å². The molecule has 1 unspecified atom stereocenters. The standard InChI is InChI=1S/C11H12IN3O/c12-9-3-4-13-10-7-15(14-11(9)10)6-8-2-1-5-16-8/h3-4,7-8H,1-2,5-6H2. The molecule has 0 saturated carbocycles. The van der Waals surface area contributed by atoms with E-state index >= 15 is 0 Å². The molecule has 5 heteroatoms. The average molecular weight is 329 g/mol. The third-order valence-electron chi connectivity index (χ3n) is 2.82. The Hall–Kier alpha value is -0.690. The van der Waals surface area contributed by atoms with E-state index in [2.05, 4.69) is 32.7 Å². The minimum absolute atomic E-state index is 0.326. The van der Waals surface area contributed by atoms with Crippen LogP contribution >= 0.6 is 22.6 Å². The van der Waals surface area contributed by atoms with Crippen LogP contribution in [0.3, 0.4) is 0 Å². The molecule has 2 aromatic heterocycles. The molecule has 1 aliphatic rings. The van der Waals surface area contributed by atoms with Crippen LogP contribution in [-0.2, 0) is 11.3 Å². The van der Waals surface area contributed by atoms with Gasteiger partial charge in [-0.25, -0.2) is 0 Å². The van der Waals surface area contributed by atoms with Gasteiger partial charge in [0.25, 0.3) is 0 Å². The molecule has 1 saturated heterocycles. The zero-order chi connectivity index (χ0) is 11.0. The summed E-state index contributed by atoms with van der Waals surface area (Å²) in [6.45, 7) is 1.73. The van der Waals surface area contributed by atoms with Gasteiger partial charge < -0.3 is 4.74 Å². The fourth-order valence-corrected chi connectivity index (χ4v) is 2.57. The van der Waals surface area contributed by atoms with Crippen molar-refractivity contribution in [1.82, 2.24) is 14.8 Å². The monoisotopic (exact) mass is 329 g/mol. The number of halogens is 1. The summed E-state index contributed by atoms with van der Waals surface area (Å²) in [7, 11) is 0. The summed E-state index contributed by atoms with van der Waals surface area (Å²) in [4.78, 5) is 4.31. The van der Waals surface area contributed by atoms with Gasteiger partial charge in [0.1, 0.15) is 11.0 Å². The van der Waals surface area contributed by atoms with E-state index in [4.69, 9.17) is 4.74 Å². The van der Waals surface area contributed by atoms with Crippen molar-refractivity contribution in [2.75, 3.05) is 6.61 Å². The first kappa shape index (κ1) is 10.5. The molecule has 0 N–H and O–H groups in total. The van der Waals surface area contributed by atoms with E-state index in [1.54, 1.807) is 0 Å². The van der Waals surface area contributed by atoms with Crippen LogP contribution < -0.4 is 0 Å². The van der Waals surface area contributed by atoms with E-state index in [0.717, 1.165) is 34.2 Å². The first-order valence-corrected chi connectivity index (χ1v) is 6.50. The molecule has 0 spiro atoms. The van der Waals surface area contributed by atoms with Crippen molar-refractivity contribution in [3.05, 3.63) is 22.0 Å². The molecular weight excluding hydrogens is 317 g/mol. The van der Waals surface area contributed by atoms with Crippen LogP contribution in [0.25, 0.3) is 11.0 Å². The molecule has 0 bridgehead atoms. The van der Waals surface area contributed by atoms with Gasteiger partial charge in [-0.15, -0.1) is 0 Å². The molecule has 0 aromatic carbocycles. The van der Waals surface area contributed by atoms with Gasteiger partial charge in [0.15, 0.2) is 0 Å². The van der Waals surface area contributed by atoms with Crippen molar-refractivity contribution in [1.29, 1.82) is 0 Å². The quantitative estimate of drug-likeness (QED) is 0.793. The Balaban J connectivity index is 1.90. The molecule has 4 nitrogen and oxygen atoms in total. The summed E-state index contributed by atoms with van der Waals surface area (Å²) < 4.78 is 8.70. The molecule has 84 valence electrons. The van der Waals surface area contributed by atoms with Gasteiger partial charge in [0, 0.05) is 16.4 Å². The van der Waals surface area contributed by atoms with Crippen LogP contribution in [0.4, 0.5) is 0 Å². The van der Waals surface area contributed by atoms with E-state index in [-0.39, 0.29) is 0 Å². The van der Waals surface area contributed by atoms with Gasteiger partial charge in [-0.1, -0.05) is 0 Å². The second kappa shape index (κ2) is 4.29. The summed E-state index contributed by atoms with van der Waals surface area (Å²) >= 11 is 2.29. The smallest absolute Gasteiger partial charge is 0.124 e. The van der Waals surface area contributed by atoms with E-state index < -0.39 is 0 Å². The predicted octanol–water partition coefficient (Wildman–Crippen LogP) is 2.21. The van der Waals surface area contributed by atoms with Crippen LogP contribution in [0.2, 0.25) is 0 Å². The maximum absolute atomic E-state index is 5.60. The molecule has 1 aliphatic heterocycles. The number of nitrogens with zero attached hydrogens (tertiary/aromatic N) is 3. The Morgan fingerprint density at radius 2 is 2.50 bits per heavy atom. The molecule has 1 atom stereocenters. The SMILES string of the molecule is Ic1ccnc2cn(CC3CCCO3)nc12. The lowest BCUT2D eigenvalue weighted by Crippen LogP contribution is -2.15. The Kier molecular flexibility index (Phi) is 2.81. The first-order valence-electron chi connectivity index (χ1n) is 5.42. The second-order valence-electron chi connectivity index (χ2n) is 4.01. The summed E-state index contributed by atoms with van der Waals surface area (Å²) in [6, 6.07) is 1.98. The third-order valence-corrected chi connectivity index (χ3v) is 3.69. The van der Waals surface area contributed by atoms with E-state index in [1.165, 1.54) is 6.42 Å². The highest BCUT2D eigenvalue weighted by Crippen LogP contribution is 2.18.